The minimum Gasteiger partial charge on any atom is -0.494 e. The van der Waals surface area contributed by atoms with Crippen molar-refractivity contribution in [2.24, 2.45) is 5.10 Å². The maximum Gasteiger partial charge on any atom is 0.240 e. The molecule has 0 bridgehead atoms. The van der Waals surface area contributed by atoms with Crippen LogP contribution < -0.4 is 15.5 Å². The normalized spacial score (nSPS) is 10.5. The summed E-state index contributed by atoms with van der Waals surface area (Å²) in [5.41, 5.74) is 5.09. The van der Waals surface area contributed by atoms with Gasteiger partial charge in [-0.15, -0.1) is 0 Å². The van der Waals surface area contributed by atoms with Crippen LogP contribution in [0.3, 0.4) is 0 Å². The summed E-state index contributed by atoms with van der Waals surface area (Å²) in [6.07, 6.45) is 1.70. The number of hydrogen-bond acceptors (Lipinski definition) is 4. The van der Waals surface area contributed by atoms with Gasteiger partial charge in [-0.3, -0.25) is 9.59 Å². The molecule has 0 aliphatic heterocycles. The Balaban J connectivity index is 1.70. The number of hydrazone groups is 1. The van der Waals surface area contributed by atoms with Crippen LogP contribution >= 0.6 is 0 Å². The van der Waals surface area contributed by atoms with Gasteiger partial charge in [0.25, 0.3) is 0 Å². The topological polar surface area (TPSA) is 79.8 Å². The van der Waals surface area contributed by atoms with Crippen LogP contribution in [0.2, 0.25) is 0 Å². The summed E-state index contributed by atoms with van der Waals surface area (Å²) in [7, 11) is 0. The lowest BCUT2D eigenvalue weighted by Gasteiger charge is -2.05. The van der Waals surface area contributed by atoms with Crippen LogP contribution in [0.4, 0.5) is 5.69 Å². The van der Waals surface area contributed by atoms with Gasteiger partial charge in [0.05, 0.1) is 12.8 Å². The molecular formula is C20H23N3O3. The van der Waals surface area contributed by atoms with Crippen molar-refractivity contribution in [2.75, 3.05) is 11.9 Å². The van der Waals surface area contributed by atoms with Crippen molar-refractivity contribution < 1.29 is 14.3 Å². The molecule has 0 fully saturated rings. The lowest BCUT2D eigenvalue weighted by molar-refractivity contribution is -0.124. The van der Waals surface area contributed by atoms with E-state index in [0.717, 1.165) is 22.6 Å². The molecule has 0 spiro atoms. The number of amides is 2. The van der Waals surface area contributed by atoms with Gasteiger partial charge in [0.15, 0.2) is 0 Å². The Hall–Kier alpha value is -3.15. The van der Waals surface area contributed by atoms with E-state index in [0.29, 0.717) is 6.61 Å². The lowest BCUT2D eigenvalue weighted by atomic mass is 10.2. The minimum atomic E-state index is -0.314. The van der Waals surface area contributed by atoms with Crippen LogP contribution in [0.15, 0.2) is 53.6 Å². The van der Waals surface area contributed by atoms with Gasteiger partial charge in [-0.2, -0.15) is 5.10 Å². The zero-order chi connectivity index (χ0) is 18.8. The van der Waals surface area contributed by atoms with Crippen LogP contribution in [0.25, 0.3) is 0 Å². The molecule has 0 aromatic heterocycles. The molecule has 0 aliphatic carbocycles. The van der Waals surface area contributed by atoms with E-state index in [9.17, 15) is 9.59 Å². The zero-order valence-corrected chi connectivity index (χ0v) is 15.0. The van der Waals surface area contributed by atoms with E-state index in [2.05, 4.69) is 15.8 Å². The van der Waals surface area contributed by atoms with Gasteiger partial charge < -0.3 is 10.1 Å². The van der Waals surface area contributed by atoms with Crippen molar-refractivity contribution in [3.05, 3.63) is 59.7 Å². The van der Waals surface area contributed by atoms with E-state index < -0.39 is 0 Å². The molecular weight excluding hydrogens is 330 g/mol. The first-order valence-corrected chi connectivity index (χ1v) is 8.48. The first kappa shape index (κ1) is 19.2. The first-order valence-electron chi connectivity index (χ1n) is 8.48. The molecule has 6 heteroatoms. The summed E-state index contributed by atoms with van der Waals surface area (Å²) in [6.45, 7) is 4.51. The lowest BCUT2D eigenvalue weighted by Crippen LogP contribution is -2.20. The highest BCUT2D eigenvalue weighted by molar-refractivity contribution is 5.93. The van der Waals surface area contributed by atoms with Gasteiger partial charge in [0, 0.05) is 18.5 Å². The fourth-order valence-electron chi connectivity index (χ4n) is 2.14. The van der Waals surface area contributed by atoms with Crippen molar-refractivity contribution in [3.8, 4) is 5.75 Å². The molecule has 26 heavy (non-hydrogen) atoms. The van der Waals surface area contributed by atoms with Crippen molar-refractivity contribution in [3.63, 3.8) is 0 Å². The molecule has 2 N–H and O–H groups in total. The van der Waals surface area contributed by atoms with E-state index in [1.165, 1.54) is 0 Å². The number of rotatable bonds is 8. The Labute approximate surface area is 153 Å². The fraction of sp³-hybridized carbons (Fsp3) is 0.250. The predicted molar refractivity (Wildman–Crippen MR) is 102 cm³/mol. The number of carbonyl (C=O) groups is 2. The zero-order valence-electron chi connectivity index (χ0n) is 15.0. The summed E-state index contributed by atoms with van der Waals surface area (Å²) < 4.78 is 5.35. The van der Waals surface area contributed by atoms with Gasteiger partial charge >= 0.3 is 0 Å². The number of hydrogen-bond donors (Lipinski definition) is 2. The molecule has 0 saturated carbocycles. The molecule has 0 radical (unpaired) electrons. The molecule has 2 amide bonds. The highest BCUT2D eigenvalue weighted by Gasteiger charge is 2.06. The Morgan fingerprint density at radius 2 is 1.65 bits per heavy atom. The first-order chi connectivity index (χ1) is 12.6. The van der Waals surface area contributed by atoms with Gasteiger partial charge in [-0.1, -0.05) is 17.7 Å². The molecule has 2 aromatic rings. The number of carbonyl (C=O) groups excluding carboxylic acids is 2. The molecule has 0 heterocycles. The molecule has 0 unspecified atom stereocenters. The Morgan fingerprint density at radius 1 is 1.00 bits per heavy atom. The SMILES string of the molecule is CCOc1ccc(/C=N/NC(=O)CCC(=O)Nc2ccc(C)cc2)cc1. The van der Waals surface area contributed by atoms with Crippen LogP contribution in [0, 0.1) is 6.92 Å². The molecule has 6 nitrogen and oxygen atoms in total. The van der Waals surface area contributed by atoms with E-state index in [1.54, 1.807) is 6.21 Å². The number of anilines is 1. The Kier molecular flexibility index (Phi) is 7.36. The van der Waals surface area contributed by atoms with Gasteiger partial charge in [0.1, 0.15) is 5.75 Å². The van der Waals surface area contributed by atoms with Crippen LogP contribution in [-0.4, -0.2) is 24.6 Å². The fourth-order valence-corrected chi connectivity index (χ4v) is 2.14. The molecule has 2 rings (SSSR count). The van der Waals surface area contributed by atoms with E-state index in [4.69, 9.17) is 4.74 Å². The minimum absolute atomic E-state index is 0.0678. The number of nitrogens with zero attached hydrogens (tertiary/aromatic N) is 1. The third-order valence-corrected chi connectivity index (χ3v) is 3.51. The highest BCUT2D eigenvalue weighted by atomic mass is 16.5. The van der Waals surface area contributed by atoms with Crippen LogP contribution in [-0.2, 0) is 9.59 Å². The standard InChI is InChI=1S/C20H23N3O3/c1-3-26-18-10-6-16(7-11-18)14-21-23-20(25)13-12-19(24)22-17-8-4-15(2)5-9-17/h4-11,14H,3,12-13H2,1-2H3,(H,22,24)(H,23,25)/b21-14+. The van der Waals surface area contributed by atoms with Crippen LogP contribution in [0.1, 0.15) is 30.9 Å². The summed E-state index contributed by atoms with van der Waals surface area (Å²) in [5, 5.41) is 6.64. The second-order valence-corrected chi connectivity index (χ2v) is 5.71. The van der Waals surface area contributed by atoms with E-state index in [-0.39, 0.29) is 24.7 Å². The summed E-state index contributed by atoms with van der Waals surface area (Å²) in [6, 6.07) is 14.8. The molecule has 0 aliphatic rings. The Morgan fingerprint density at radius 3 is 2.31 bits per heavy atom. The molecule has 0 atom stereocenters. The number of ether oxygens (including phenoxy) is 1. The number of aryl methyl sites for hydroxylation is 1. The highest BCUT2D eigenvalue weighted by Crippen LogP contribution is 2.11. The van der Waals surface area contributed by atoms with Crippen molar-refractivity contribution in [1.82, 2.24) is 5.43 Å². The van der Waals surface area contributed by atoms with Crippen molar-refractivity contribution in [1.29, 1.82) is 0 Å². The summed E-state index contributed by atoms with van der Waals surface area (Å²) in [5.74, 6) is 0.263. The molecule has 136 valence electrons. The second kappa shape index (κ2) is 9.98. The summed E-state index contributed by atoms with van der Waals surface area (Å²) >= 11 is 0. The largest absolute Gasteiger partial charge is 0.494 e. The average Bonchev–Trinajstić information content (AvgIpc) is 2.64. The third-order valence-electron chi connectivity index (χ3n) is 3.51. The molecule has 2 aromatic carbocycles. The smallest absolute Gasteiger partial charge is 0.240 e. The third kappa shape index (κ3) is 6.76. The van der Waals surface area contributed by atoms with Crippen molar-refractivity contribution >= 4 is 23.7 Å². The van der Waals surface area contributed by atoms with E-state index >= 15 is 0 Å². The second-order valence-electron chi connectivity index (χ2n) is 5.71. The average molecular weight is 353 g/mol. The maximum atomic E-state index is 11.8. The molecule has 0 saturated heterocycles. The van der Waals surface area contributed by atoms with Crippen LogP contribution in [0.5, 0.6) is 5.75 Å². The van der Waals surface area contributed by atoms with Gasteiger partial charge in [-0.25, -0.2) is 5.43 Å². The predicted octanol–water partition coefficient (Wildman–Crippen LogP) is 3.26. The quantitative estimate of drug-likeness (QED) is 0.565. The van der Waals surface area contributed by atoms with E-state index in [1.807, 2.05) is 62.4 Å². The maximum absolute atomic E-state index is 11.8. The van der Waals surface area contributed by atoms with Crippen molar-refractivity contribution in [2.45, 2.75) is 26.7 Å². The number of benzene rings is 2. The van der Waals surface area contributed by atoms with Gasteiger partial charge in [0.2, 0.25) is 11.8 Å². The number of nitrogens with one attached hydrogen (secondary N) is 2. The monoisotopic (exact) mass is 353 g/mol. The van der Waals surface area contributed by atoms with Gasteiger partial charge in [-0.05, 0) is 55.8 Å². The summed E-state index contributed by atoms with van der Waals surface area (Å²) in [4.78, 5) is 23.6. The Bertz CT molecular complexity index is 753.